The third-order valence-electron chi connectivity index (χ3n) is 3.60. The molecule has 0 aliphatic heterocycles. The summed E-state index contributed by atoms with van der Waals surface area (Å²) >= 11 is 0. The smallest absolute Gasteiger partial charge is 0.320 e. The van der Waals surface area contributed by atoms with Gasteiger partial charge in [-0.1, -0.05) is 36.4 Å². The van der Waals surface area contributed by atoms with Crippen molar-refractivity contribution < 1.29 is 19.1 Å². The molecule has 0 bridgehead atoms. The van der Waals surface area contributed by atoms with E-state index < -0.39 is 17.9 Å². The second-order valence-corrected chi connectivity index (χ2v) is 4.86. The summed E-state index contributed by atoms with van der Waals surface area (Å²) in [6, 6.07) is 8.11. The molecule has 4 nitrogen and oxygen atoms in total. The molecule has 0 N–H and O–H groups in total. The van der Waals surface area contributed by atoms with E-state index in [2.05, 4.69) is 21.6 Å². The molecule has 0 spiro atoms. The fraction of sp³-hybridized carbons (Fsp3) is 0.375. The number of carbonyl (C=O) groups is 2. The molecule has 0 aromatic heterocycles. The summed E-state index contributed by atoms with van der Waals surface area (Å²) in [4.78, 5) is 23.4. The van der Waals surface area contributed by atoms with Crippen molar-refractivity contribution >= 4 is 18.0 Å². The molecule has 4 heteroatoms. The first-order chi connectivity index (χ1) is 9.65. The molecule has 0 saturated heterocycles. The number of benzene rings is 1. The summed E-state index contributed by atoms with van der Waals surface area (Å²) in [5.74, 6) is -1.80. The minimum absolute atomic E-state index is 0.132. The van der Waals surface area contributed by atoms with Crippen molar-refractivity contribution in [3.8, 4) is 0 Å². The van der Waals surface area contributed by atoms with Crippen LogP contribution in [0.1, 0.15) is 17.5 Å². The van der Waals surface area contributed by atoms with Gasteiger partial charge >= 0.3 is 11.9 Å². The van der Waals surface area contributed by atoms with Gasteiger partial charge in [-0.05, 0) is 29.9 Å². The topological polar surface area (TPSA) is 52.6 Å². The fourth-order valence-electron chi connectivity index (χ4n) is 2.51. The minimum Gasteiger partial charge on any atom is -0.468 e. The van der Waals surface area contributed by atoms with Crippen molar-refractivity contribution in [2.75, 3.05) is 14.2 Å². The molecular formula is C16H18O4. The summed E-state index contributed by atoms with van der Waals surface area (Å²) in [7, 11) is 2.56. The lowest BCUT2D eigenvalue weighted by atomic mass is 9.84. The van der Waals surface area contributed by atoms with Crippen LogP contribution >= 0.6 is 0 Å². The molecule has 1 aromatic carbocycles. The van der Waals surface area contributed by atoms with Crippen molar-refractivity contribution in [1.82, 2.24) is 0 Å². The normalized spacial score (nSPS) is 16.6. The van der Waals surface area contributed by atoms with Crippen LogP contribution in [0.2, 0.25) is 0 Å². The zero-order chi connectivity index (χ0) is 14.5. The summed E-state index contributed by atoms with van der Waals surface area (Å²) in [5.41, 5.74) is 2.42. The van der Waals surface area contributed by atoms with Gasteiger partial charge in [-0.3, -0.25) is 9.59 Å². The van der Waals surface area contributed by atoms with Gasteiger partial charge in [0.2, 0.25) is 0 Å². The number of fused-ring (bicyclic) bond motifs is 1. The zero-order valence-corrected chi connectivity index (χ0v) is 11.7. The molecular weight excluding hydrogens is 256 g/mol. The number of allylic oxidation sites excluding steroid dienone is 1. The lowest BCUT2D eigenvalue weighted by Gasteiger charge is -2.22. The van der Waals surface area contributed by atoms with Crippen molar-refractivity contribution in [2.45, 2.75) is 12.8 Å². The second-order valence-electron chi connectivity index (χ2n) is 4.86. The number of hydrogen-bond donors (Lipinski definition) is 0. The zero-order valence-electron chi connectivity index (χ0n) is 11.7. The quantitative estimate of drug-likeness (QED) is 0.624. The fourth-order valence-corrected chi connectivity index (χ4v) is 2.51. The van der Waals surface area contributed by atoms with Crippen molar-refractivity contribution in [2.24, 2.45) is 11.8 Å². The average molecular weight is 274 g/mol. The molecule has 1 aromatic rings. The Morgan fingerprint density at radius 1 is 1.20 bits per heavy atom. The highest BCUT2D eigenvalue weighted by molar-refractivity contribution is 5.94. The molecule has 0 heterocycles. The van der Waals surface area contributed by atoms with Gasteiger partial charge in [0.25, 0.3) is 0 Å². The molecule has 1 aliphatic carbocycles. The predicted molar refractivity (Wildman–Crippen MR) is 74.8 cm³/mol. The molecule has 0 saturated carbocycles. The van der Waals surface area contributed by atoms with E-state index in [9.17, 15) is 9.59 Å². The van der Waals surface area contributed by atoms with Crippen LogP contribution in [0, 0.1) is 11.8 Å². The van der Waals surface area contributed by atoms with E-state index in [4.69, 9.17) is 0 Å². The first-order valence-corrected chi connectivity index (χ1v) is 6.57. The van der Waals surface area contributed by atoms with Crippen LogP contribution in [-0.2, 0) is 25.5 Å². The summed E-state index contributed by atoms with van der Waals surface area (Å²) in [6.45, 7) is 0. The third kappa shape index (κ3) is 3.07. The maximum absolute atomic E-state index is 11.7. The van der Waals surface area contributed by atoms with E-state index in [1.807, 2.05) is 24.3 Å². The number of ether oxygens (including phenoxy) is 2. The molecule has 2 rings (SSSR count). The molecule has 1 aliphatic rings. The Kier molecular flexibility index (Phi) is 4.56. The Morgan fingerprint density at radius 3 is 2.50 bits per heavy atom. The maximum atomic E-state index is 11.7. The van der Waals surface area contributed by atoms with Gasteiger partial charge in [0.05, 0.1) is 14.2 Å². The Morgan fingerprint density at radius 2 is 1.85 bits per heavy atom. The molecule has 20 heavy (non-hydrogen) atoms. The van der Waals surface area contributed by atoms with E-state index in [1.54, 1.807) is 0 Å². The van der Waals surface area contributed by atoms with Crippen molar-refractivity contribution in [3.63, 3.8) is 0 Å². The second kappa shape index (κ2) is 6.37. The molecule has 1 unspecified atom stereocenters. The van der Waals surface area contributed by atoms with Crippen LogP contribution in [0.4, 0.5) is 0 Å². The first kappa shape index (κ1) is 14.3. The SMILES string of the molecule is COC(=O)C(CC1C=Cc2ccccc2C1)C(=O)OC. The molecule has 0 fully saturated rings. The summed E-state index contributed by atoms with van der Waals surface area (Å²) in [6.07, 6.45) is 5.30. The summed E-state index contributed by atoms with van der Waals surface area (Å²) in [5, 5.41) is 0. The van der Waals surface area contributed by atoms with Gasteiger partial charge in [0.15, 0.2) is 5.92 Å². The average Bonchev–Trinajstić information content (AvgIpc) is 2.51. The number of rotatable bonds is 4. The largest absolute Gasteiger partial charge is 0.468 e. The monoisotopic (exact) mass is 274 g/mol. The predicted octanol–water partition coefficient (Wildman–Crippen LogP) is 2.22. The van der Waals surface area contributed by atoms with Gasteiger partial charge in [-0.15, -0.1) is 0 Å². The highest BCUT2D eigenvalue weighted by atomic mass is 16.5. The first-order valence-electron chi connectivity index (χ1n) is 6.57. The van der Waals surface area contributed by atoms with Gasteiger partial charge in [-0.25, -0.2) is 0 Å². The van der Waals surface area contributed by atoms with E-state index in [0.29, 0.717) is 6.42 Å². The van der Waals surface area contributed by atoms with Crippen LogP contribution in [0.25, 0.3) is 6.08 Å². The maximum Gasteiger partial charge on any atom is 0.320 e. The van der Waals surface area contributed by atoms with E-state index >= 15 is 0 Å². The molecule has 0 radical (unpaired) electrons. The van der Waals surface area contributed by atoms with Gasteiger partial charge < -0.3 is 9.47 Å². The van der Waals surface area contributed by atoms with Gasteiger partial charge in [0, 0.05) is 0 Å². The Bertz CT molecular complexity index is 517. The van der Waals surface area contributed by atoms with E-state index in [1.165, 1.54) is 25.3 Å². The molecule has 1 atom stereocenters. The van der Waals surface area contributed by atoms with Gasteiger partial charge in [0.1, 0.15) is 0 Å². The summed E-state index contributed by atoms with van der Waals surface area (Å²) < 4.78 is 9.36. The number of hydrogen-bond acceptors (Lipinski definition) is 4. The van der Waals surface area contributed by atoms with E-state index in [-0.39, 0.29) is 5.92 Å². The van der Waals surface area contributed by atoms with Crippen LogP contribution in [0.3, 0.4) is 0 Å². The lowest BCUT2D eigenvalue weighted by Crippen LogP contribution is -2.29. The van der Waals surface area contributed by atoms with Crippen LogP contribution in [0.5, 0.6) is 0 Å². The van der Waals surface area contributed by atoms with Crippen LogP contribution in [-0.4, -0.2) is 26.2 Å². The Hall–Kier alpha value is -2.10. The number of carbonyl (C=O) groups excluding carboxylic acids is 2. The third-order valence-corrected chi connectivity index (χ3v) is 3.60. The highest BCUT2D eigenvalue weighted by Gasteiger charge is 2.31. The lowest BCUT2D eigenvalue weighted by molar-refractivity contribution is -0.159. The van der Waals surface area contributed by atoms with Gasteiger partial charge in [-0.2, -0.15) is 0 Å². The highest BCUT2D eigenvalue weighted by Crippen LogP contribution is 2.27. The van der Waals surface area contributed by atoms with Crippen molar-refractivity contribution in [3.05, 3.63) is 41.5 Å². The van der Waals surface area contributed by atoms with E-state index in [0.717, 1.165) is 6.42 Å². The number of esters is 2. The Labute approximate surface area is 118 Å². The van der Waals surface area contributed by atoms with Crippen LogP contribution < -0.4 is 0 Å². The number of methoxy groups -OCH3 is 2. The van der Waals surface area contributed by atoms with Crippen LogP contribution in [0.15, 0.2) is 30.3 Å². The minimum atomic E-state index is -0.857. The molecule has 106 valence electrons. The van der Waals surface area contributed by atoms with Crippen molar-refractivity contribution in [1.29, 1.82) is 0 Å². The Balaban J connectivity index is 2.10. The standard InChI is InChI=1S/C16H18O4/c1-19-15(17)14(16(18)20-2)10-11-7-8-12-5-3-4-6-13(12)9-11/h3-8,11,14H,9-10H2,1-2H3. The molecule has 0 amide bonds.